The summed E-state index contributed by atoms with van der Waals surface area (Å²) in [5, 5.41) is 27.7. The summed E-state index contributed by atoms with van der Waals surface area (Å²) in [5.41, 5.74) is -0.707. The van der Waals surface area contributed by atoms with Crippen LogP contribution in [0.5, 0.6) is 0 Å². The van der Waals surface area contributed by atoms with E-state index in [9.17, 15) is 15.0 Å². The number of aliphatic carboxylic acids is 1. The minimum absolute atomic E-state index is 0.237. The molecule has 1 fully saturated rings. The van der Waals surface area contributed by atoms with Crippen molar-refractivity contribution < 1.29 is 20.1 Å². The van der Waals surface area contributed by atoms with Gasteiger partial charge in [-0.2, -0.15) is 0 Å². The number of hydrogen-bond acceptors (Lipinski definition) is 4. The molecular weight excluding hydrogens is 198 g/mol. The minimum atomic E-state index is -0.994. The first kappa shape index (κ1) is 12.4. The number of hydrogen-bond donors (Lipinski definition) is 3. The van der Waals surface area contributed by atoms with E-state index in [2.05, 4.69) is 0 Å². The maximum atomic E-state index is 10.4. The average Bonchev–Trinajstić information content (AvgIpc) is 1.99. The fraction of sp³-hybridized carbons (Fsp3) is 0.900. The number of piperidine rings is 1. The van der Waals surface area contributed by atoms with Gasteiger partial charge in [0.15, 0.2) is 0 Å². The third-order valence-corrected chi connectivity index (χ3v) is 2.63. The lowest BCUT2D eigenvalue weighted by atomic mass is 9.95. The lowest BCUT2D eigenvalue weighted by Crippen LogP contribution is -2.48. The lowest BCUT2D eigenvalue weighted by molar-refractivity contribution is -0.139. The molecule has 88 valence electrons. The normalized spacial score (nSPS) is 30.1. The summed E-state index contributed by atoms with van der Waals surface area (Å²) in [5.74, 6) is -0.994. The number of β-amino-alcohol motifs (C(OH)–C–C–N with tert-alkyl or cyclic N) is 2. The number of likely N-dealkylation sites (tertiary alicyclic amines) is 1. The largest absolute Gasteiger partial charge is 0.481 e. The van der Waals surface area contributed by atoms with Crippen molar-refractivity contribution >= 4 is 5.97 Å². The maximum absolute atomic E-state index is 10.4. The van der Waals surface area contributed by atoms with Crippen molar-refractivity contribution in [3.05, 3.63) is 0 Å². The lowest BCUT2D eigenvalue weighted by Gasteiger charge is -2.37. The zero-order valence-corrected chi connectivity index (χ0v) is 9.02. The Balaban J connectivity index is 2.34. The second-order valence-corrected chi connectivity index (χ2v) is 4.59. The Kier molecular flexibility index (Phi) is 4.07. The number of aliphatic hydroxyl groups is 2. The summed E-state index contributed by atoms with van der Waals surface area (Å²) in [6.07, 6.45) is 0.556. The zero-order valence-electron chi connectivity index (χ0n) is 9.02. The van der Waals surface area contributed by atoms with Crippen LogP contribution >= 0.6 is 0 Å². The Morgan fingerprint density at radius 2 is 2.27 bits per heavy atom. The van der Waals surface area contributed by atoms with Gasteiger partial charge in [-0.05, 0) is 26.3 Å². The molecule has 15 heavy (non-hydrogen) atoms. The van der Waals surface area contributed by atoms with Gasteiger partial charge in [0.25, 0.3) is 0 Å². The highest BCUT2D eigenvalue weighted by molar-refractivity contribution is 5.67. The Hall–Kier alpha value is -0.650. The van der Waals surface area contributed by atoms with Gasteiger partial charge in [-0.25, -0.2) is 0 Å². The van der Waals surface area contributed by atoms with Crippen LogP contribution < -0.4 is 0 Å². The van der Waals surface area contributed by atoms with Crippen molar-refractivity contribution in [1.29, 1.82) is 0 Å². The van der Waals surface area contributed by atoms with E-state index in [1.807, 2.05) is 4.90 Å². The number of carboxylic acids is 1. The van der Waals surface area contributed by atoms with Gasteiger partial charge in [-0.15, -0.1) is 0 Å². The number of rotatable bonds is 4. The molecule has 2 unspecified atom stereocenters. The molecule has 0 aromatic rings. The quantitative estimate of drug-likeness (QED) is 0.600. The van der Waals surface area contributed by atoms with E-state index in [4.69, 9.17) is 5.11 Å². The molecule has 0 radical (unpaired) electrons. The molecule has 0 aromatic heterocycles. The standard InChI is InChI=1S/C10H19NO4/c1-10(15)3-2-4-11(7-10)6-8(12)5-9(13)14/h8,12,15H,2-7H2,1H3,(H,13,14). The van der Waals surface area contributed by atoms with Gasteiger partial charge < -0.3 is 15.3 Å². The van der Waals surface area contributed by atoms with Crippen molar-refractivity contribution in [2.75, 3.05) is 19.6 Å². The topological polar surface area (TPSA) is 81.0 Å². The third-order valence-electron chi connectivity index (χ3n) is 2.63. The van der Waals surface area contributed by atoms with Crippen LogP contribution in [0, 0.1) is 0 Å². The van der Waals surface area contributed by atoms with Crippen LogP contribution in [0.4, 0.5) is 0 Å². The summed E-state index contributed by atoms with van der Waals surface area (Å²) in [7, 11) is 0. The second kappa shape index (κ2) is 4.92. The molecule has 5 nitrogen and oxygen atoms in total. The van der Waals surface area contributed by atoms with E-state index in [0.29, 0.717) is 13.1 Å². The van der Waals surface area contributed by atoms with Crippen molar-refractivity contribution in [2.24, 2.45) is 0 Å². The van der Waals surface area contributed by atoms with Crippen LogP contribution in [0.2, 0.25) is 0 Å². The Morgan fingerprint density at radius 3 is 2.80 bits per heavy atom. The molecule has 1 heterocycles. The monoisotopic (exact) mass is 217 g/mol. The fourth-order valence-electron chi connectivity index (χ4n) is 2.04. The summed E-state index contributed by atoms with van der Waals surface area (Å²) in [4.78, 5) is 12.3. The third kappa shape index (κ3) is 4.59. The Bertz CT molecular complexity index is 229. The number of aliphatic hydroxyl groups excluding tert-OH is 1. The van der Waals surface area contributed by atoms with E-state index in [-0.39, 0.29) is 6.42 Å². The highest BCUT2D eigenvalue weighted by Crippen LogP contribution is 2.20. The molecule has 3 N–H and O–H groups in total. The summed E-state index contributed by atoms with van der Waals surface area (Å²) in [6.45, 7) is 3.40. The second-order valence-electron chi connectivity index (χ2n) is 4.59. The van der Waals surface area contributed by atoms with Gasteiger partial charge >= 0.3 is 5.97 Å². The van der Waals surface area contributed by atoms with Gasteiger partial charge in [0, 0.05) is 13.1 Å². The molecule has 1 aliphatic rings. The molecule has 0 aliphatic carbocycles. The number of carbonyl (C=O) groups is 1. The van der Waals surface area contributed by atoms with Crippen molar-refractivity contribution in [2.45, 2.75) is 37.9 Å². The highest BCUT2D eigenvalue weighted by atomic mass is 16.4. The van der Waals surface area contributed by atoms with E-state index in [0.717, 1.165) is 19.4 Å². The molecule has 0 aromatic carbocycles. The van der Waals surface area contributed by atoms with Gasteiger partial charge in [0.05, 0.1) is 18.1 Å². The first-order valence-corrected chi connectivity index (χ1v) is 5.24. The first-order chi connectivity index (χ1) is 6.89. The molecule has 1 rings (SSSR count). The molecule has 1 saturated heterocycles. The zero-order chi connectivity index (χ0) is 11.5. The molecule has 1 aliphatic heterocycles. The van der Waals surface area contributed by atoms with Gasteiger partial charge in [0.2, 0.25) is 0 Å². The van der Waals surface area contributed by atoms with E-state index >= 15 is 0 Å². The molecule has 0 bridgehead atoms. The Morgan fingerprint density at radius 1 is 1.60 bits per heavy atom. The van der Waals surface area contributed by atoms with Crippen molar-refractivity contribution in [3.8, 4) is 0 Å². The molecule has 2 atom stereocenters. The smallest absolute Gasteiger partial charge is 0.306 e. The van der Waals surface area contributed by atoms with Crippen LogP contribution in [0.15, 0.2) is 0 Å². The van der Waals surface area contributed by atoms with Crippen LogP contribution in [0.1, 0.15) is 26.2 Å². The average molecular weight is 217 g/mol. The molecular formula is C10H19NO4. The maximum Gasteiger partial charge on any atom is 0.306 e. The van der Waals surface area contributed by atoms with Crippen molar-refractivity contribution in [1.82, 2.24) is 4.90 Å². The predicted molar refractivity (Wildman–Crippen MR) is 54.6 cm³/mol. The molecule has 0 amide bonds. The van der Waals surface area contributed by atoms with Crippen LogP contribution in [-0.4, -0.2) is 57.5 Å². The summed E-state index contributed by atoms with van der Waals surface area (Å²) < 4.78 is 0. The summed E-state index contributed by atoms with van der Waals surface area (Å²) in [6, 6.07) is 0. The predicted octanol–water partition coefficient (Wildman–Crippen LogP) is -0.331. The SMILES string of the molecule is CC1(O)CCCN(CC(O)CC(=O)O)C1. The van der Waals surface area contributed by atoms with Gasteiger partial charge in [-0.3, -0.25) is 9.69 Å². The van der Waals surface area contributed by atoms with Crippen LogP contribution in [0.3, 0.4) is 0 Å². The van der Waals surface area contributed by atoms with Crippen LogP contribution in [0.25, 0.3) is 0 Å². The van der Waals surface area contributed by atoms with E-state index in [1.165, 1.54) is 0 Å². The molecule has 5 heteroatoms. The molecule has 0 spiro atoms. The number of carboxylic acid groups (broad SMARTS) is 1. The van der Waals surface area contributed by atoms with Crippen LogP contribution in [-0.2, 0) is 4.79 Å². The van der Waals surface area contributed by atoms with E-state index < -0.39 is 17.7 Å². The minimum Gasteiger partial charge on any atom is -0.481 e. The first-order valence-electron chi connectivity index (χ1n) is 5.24. The molecule has 0 saturated carbocycles. The van der Waals surface area contributed by atoms with Gasteiger partial charge in [-0.1, -0.05) is 0 Å². The summed E-state index contributed by atoms with van der Waals surface area (Å²) >= 11 is 0. The van der Waals surface area contributed by atoms with E-state index in [1.54, 1.807) is 6.92 Å². The van der Waals surface area contributed by atoms with Gasteiger partial charge in [0.1, 0.15) is 0 Å². The highest BCUT2D eigenvalue weighted by Gasteiger charge is 2.29. The number of nitrogens with zero attached hydrogens (tertiary/aromatic N) is 1. The Labute approximate surface area is 89.3 Å². The van der Waals surface area contributed by atoms with Crippen molar-refractivity contribution in [3.63, 3.8) is 0 Å². The fourth-order valence-corrected chi connectivity index (χ4v) is 2.04.